The monoisotopic (exact) mass is 268 g/mol. The molecule has 1 aliphatic rings. The summed E-state index contributed by atoms with van der Waals surface area (Å²) in [6.07, 6.45) is 9.03. The number of hydrogen-bond acceptors (Lipinski definition) is 1. The molecule has 0 saturated heterocycles. The summed E-state index contributed by atoms with van der Waals surface area (Å²) in [6, 6.07) is 0. The van der Waals surface area contributed by atoms with Crippen LogP contribution in [-0.4, -0.2) is 12.2 Å². The van der Waals surface area contributed by atoms with E-state index in [-0.39, 0.29) is 5.60 Å². The number of rotatable bonds is 7. The minimum Gasteiger partial charge on any atom is -0.374 e. The third-order valence-electron chi connectivity index (χ3n) is 5.46. The molecular weight excluding hydrogens is 232 g/mol. The summed E-state index contributed by atoms with van der Waals surface area (Å²) in [6.45, 7) is 15.0. The van der Waals surface area contributed by atoms with Gasteiger partial charge in [0.15, 0.2) is 0 Å². The molecule has 1 rings (SSSR count). The number of hydrogen-bond donors (Lipinski definition) is 0. The van der Waals surface area contributed by atoms with E-state index in [9.17, 15) is 0 Å². The third kappa shape index (κ3) is 4.48. The summed E-state index contributed by atoms with van der Waals surface area (Å²) in [7, 11) is 0. The van der Waals surface area contributed by atoms with Crippen LogP contribution >= 0.6 is 0 Å². The van der Waals surface area contributed by atoms with Crippen molar-refractivity contribution in [1.29, 1.82) is 0 Å². The summed E-state index contributed by atoms with van der Waals surface area (Å²) in [5.41, 5.74) is 0.527. The zero-order valence-corrected chi connectivity index (χ0v) is 14.2. The van der Waals surface area contributed by atoms with Crippen LogP contribution < -0.4 is 0 Å². The minimum atomic E-state index is 0.155. The van der Waals surface area contributed by atoms with Crippen molar-refractivity contribution in [3.05, 3.63) is 0 Å². The van der Waals surface area contributed by atoms with Crippen molar-refractivity contribution in [2.75, 3.05) is 6.61 Å². The van der Waals surface area contributed by atoms with Gasteiger partial charge in [0.05, 0.1) is 12.2 Å². The Kier molecular flexibility index (Phi) is 6.36. The molecule has 114 valence electrons. The summed E-state index contributed by atoms with van der Waals surface area (Å²) in [4.78, 5) is 0. The molecule has 0 aromatic heterocycles. The molecule has 3 atom stereocenters. The van der Waals surface area contributed by atoms with Gasteiger partial charge in [0.1, 0.15) is 0 Å². The van der Waals surface area contributed by atoms with Crippen molar-refractivity contribution in [2.45, 2.75) is 92.1 Å². The van der Waals surface area contributed by atoms with Gasteiger partial charge >= 0.3 is 0 Å². The molecule has 0 bridgehead atoms. The second kappa shape index (κ2) is 7.11. The van der Waals surface area contributed by atoms with Crippen LogP contribution in [0.5, 0.6) is 0 Å². The second-order valence-corrected chi connectivity index (χ2v) is 7.62. The van der Waals surface area contributed by atoms with Gasteiger partial charge in [0, 0.05) is 0 Å². The van der Waals surface area contributed by atoms with E-state index >= 15 is 0 Å². The Balaban J connectivity index is 2.68. The van der Waals surface area contributed by atoms with Crippen molar-refractivity contribution >= 4 is 0 Å². The van der Waals surface area contributed by atoms with Crippen molar-refractivity contribution in [3.63, 3.8) is 0 Å². The molecule has 1 aliphatic carbocycles. The third-order valence-corrected chi connectivity index (χ3v) is 5.46. The largest absolute Gasteiger partial charge is 0.374 e. The Morgan fingerprint density at radius 1 is 1.32 bits per heavy atom. The molecule has 1 nitrogen and oxygen atoms in total. The average molecular weight is 268 g/mol. The van der Waals surface area contributed by atoms with E-state index in [2.05, 4.69) is 41.5 Å². The molecular formula is C18H36O. The Bertz CT molecular complexity index is 260. The van der Waals surface area contributed by atoms with Crippen molar-refractivity contribution in [2.24, 2.45) is 17.3 Å². The Labute approximate surface area is 121 Å². The molecule has 0 aliphatic heterocycles. The summed E-state index contributed by atoms with van der Waals surface area (Å²) in [5.74, 6) is 1.47. The first-order valence-electron chi connectivity index (χ1n) is 8.51. The predicted molar refractivity (Wildman–Crippen MR) is 84.5 cm³/mol. The first kappa shape index (κ1) is 17.0. The van der Waals surface area contributed by atoms with Gasteiger partial charge < -0.3 is 4.74 Å². The maximum absolute atomic E-state index is 6.61. The van der Waals surface area contributed by atoms with E-state index in [0.29, 0.717) is 11.3 Å². The fourth-order valence-electron chi connectivity index (χ4n) is 3.64. The summed E-state index contributed by atoms with van der Waals surface area (Å²) in [5, 5.41) is 0. The SMILES string of the molecule is CCCC(C)(CC)COC1(C(C)C)CCCC(C)C1. The molecule has 0 spiro atoms. The van der Waals surface area contributed by atoms with Gasteiger partial charge in [-0.15, -0.1) is 0 Å². The normalized spacial score (nSPS) is 31.4. The highest BCUT2D eigenvalue weighted by Gasteiger charge is 2.40. The summed E-state index contributed by atoms with van der Waals surface area (Å²) >= 11 is 0. The molecule has 0 amide bonds. The van der Waals surface area contributed by atoms with Crippen LogP contribution in [0.3, 0.4) is 0 Å². The zero-order valence-electron chi connectivity index (χ0n) is 14.2. The molecule has 1 heteroatoms. The van der Waals surface area contributed by atoms with E-state index in [4.69, 9.17) is 4.74 Å². The smallest absolute Gasteiger partial charge is 0.0708 e. The van der Waals surface area contributed by atoms with E-state index in [1.165, 1.54) is 44.9 Å². The Hall–Kier alpha value is -0.0400. The maximum atomic E-state index is 6.61. The first-order valence-corrected chi connectivity index (χ1v) is 8.51. The van der Waals surface area contributed by atoms with E-state index in [1.807, 2.05) is 0 Å². The summed E-state index contributed by atoms with van der Waals surface area (Å²) < 4.78 is 6.61. The molecule has 0 heterocycles. The molecule has 0 radical (unpaired) electrons. The van der Waals surface area contributed by atoms with Gasteiger partial charge in [-0.3, -0.25) is 0 Å². The lowest BCUT2D eigenvalue weighted by Gasteiger charge is -2.45. The van der Waals surface area contributed by atoms with Crippen LogP contribution in [0, 0.1) is 17.3 Å². The predicted octanol–water partition coefficient (Wildman–Crippen LogP) is 5.82. The Morgan fingerprint density at radius 3 is 2.47 bits per heavy atom. The van der Waals surface area contributed by atoms with Gasteiger partial charge in [-0.05, 0) is 42.9 Å². The van der Waals surface area contributed by atoms with E-state index in [0.717, 1.165) is 12.5 Å². The first-order chi connectivity index (χ1) is 8.87. The average Bonchev–Trinajstić information content (AvgIpc) is 2.37. The van der Waals surface area contributed by atoms with E-state index in [1.54, 1.807) is 0 Å². The Morgan fingerprint density at radius 2 is 2.00 bits per heavy atom. The molecule has 1 saturated carbocycles. The highest BCUT2D eigenvalue weighted by atomic mass is 16.5. The quantitative estimate of drug-likeness (QED) is 0.565. The fraction of sp³-hybridized carbons (Fsp3) is 1.00. The second-order valence-electron chi connectivity index (χ2n) is 7.62. The van der Waals surface area contributed by atoms with Crippen LogP contribution in [0.1, 0.15) is 86.5 Å². The van der Waals surface area contributed by atoms with Gasteiger partial charge in [-0.25, -0.2) is 0 Å². The van der Waals surface area contributed by atoms with Crippen LogP contribution in [0.2, 0.25) is 0 Å². The van der Waals surface area contributed by atoms with Crippen molar-refractivity contribution in [1.82, 2.24) is 0 Å². The molecule has 19 heavy (non-hydrogen) atoms. The minimum absolute atomic E-state index is 0.155. The van der Waals surface area contributed by atoms with Gasteiger partial charge in [-0.2, -0.15) is 0 Å². The van der Waals surface area contributed by atoms with Crippen LogP contribution in [0.25, 0.3) is 0 Å². The van der Waals surface area contributed by atoms with Crippen LogP contribution in [0.15, 0.2) is 0 Å². The lowest BCUT2D eigenvalue weighted by atomic mass is 9.72. The number of ether oxygens (including phenoxy) is 1. The van der Waals surface area contributed by atoms with Gasteiger partial charge in [0.25, 0.3) is 0 Å². The molecule has 0 N–H and O–H groups in total. The molecule has 1 fully saturated rings. The van der Waals surface area contributed by atoms with Gasteiger partial charge in [0.2, 0.25) is 0 Å². The highest BCUT2D eigenvalue weighted by Crippen LogP contribution is 2.42. The maximum Gasteiger partial charge on any atom is 0.0708 e. The standard InChI is InChI=1S/C18H36O/c1-7-11-17(6,8-2)14-19-18(15(3)4)12-9-10-16(5)13-18/h15-16H,7-14H2,1-6H3. The molecule has 0 aromatic rings. The lowest BCUT2D eigenvalue weighted by molar-refractivity contribution is -0.137. The van der Waals surface area contributed by atoms with E-state index < -0.39 is 0 Å². The zero-order chi connectivity index (χ0) is 14.5. The lowest BCUT2D eigenvalue weighted by Crippen LogP contribution is -2.44. The van der Waals surface area contributed by atoms with Crippen LogP contribution in [-0.2, 0) is 4.74 Å². The topological polar surface area (TPSA) is 9.23 Å². The fourth-order valence-corrected chi connectivity index (χ4v) is 3.64. The van der Waals surface area contributed by atoms with Gasteiger partial charge in [-0.1, -0.05) is 60.8 Å². The molecule has 3 unspecified atom stereocenters. The highest BCUT2D eigenvalue weighted by molar-refractivity contribution is 4.90. The van der Waals surface area contributed by atoms with Crippen molar-refractivity contribution in [3.8, 4) is 0 Å². The molecule has 0 aromatic carbocycles. The van der Waals surface area contributed by atoms with Crippen LogP contribution in [0.4, 0.5) is 0 Å². The van der Waals surface area contributed by atoms with Crippen molar-refractivity contribution < 1.29 is 4.74 Å².